The predicted octanol–water partition coefficient (Wildman–Crippen LogP) is 3.41. The van der Waals surface area contributed by atoms with Crippen LogP contribution in [-0.2, 0) is 4.74 Å². The fourth-order valence-electron chi connectivity index (χ4n) is 2.84. The van der Waals surface area contributed by atoms with Gasteiger partial charge in [-0.15, -0.1) is 0 Å². The molecule has 1 fully saturated rings. The Morgan fingerprint density at radius 1 is 1.00 bits per heavy atom. The molecule has 1 aromatic heterocycles. The van der Waals surface area contributed by atoms with Crippen LogP contribution in [-0.4, -0.2) is 36.3 Å². The highest BCUT2D eigenvalue weighted by molar-refractivity contribution is 5.82. The molecule has 122 valence electrons. The summed E-state index contributed by atoms with van der Waals surface area (Å²) >= 11 is 0. The molecular weight excluding hydrogens is 312 g/mol. The van der Waals surface area contributed by atoms with Crippen LogP contribution in [0.3, 0.4) is 0 Å². The number of halogens is 2. The summed E-state index contributed by atoms with van der Waals surface area (Å²) in [5, 5.41) is 0. The van der Waals surface area contributed by atoms with Gasteiger partial charge in [0, 0.05) is 18.7 Å². The van der Waals surface area contributed by atoms with Gasteiger partial charge in [0.25, 0.3) is 0 Å². The van der Waals surface area contributed by atoms with Gasteiger partial charge in [0.2, 0.25) is 0 Å². The molecule has 0 saturated carbocycles. The van der Waals surface area contributed by atoms with Crippen molar-refractivity contribution in [2.45, 2.75) is 0 Å². The third kappa shape index (κ3) is 2.69. The molecule has 0 unspecified atom stereocenters. The van der Waals surface area contributed by atoms with Crippen molar-refractivity contribution in [3.8, 4) is 11.1 Å². The fraction of sp³-hybridized carbons (Fsp3) is 0.222. The van der Waals surface area contributed by atoms with Gasteiger partial charge in [-0.1, -0.05) is 18.2 Å². The van der Waals surface area contributed by atoms with E-state index in [0.29, 0.717) is 29.8 Å². The molecule has 0 radical (unpaired) electrons. The number of aromatic nitrogens is 2. The molecule has 1 saturated heterocycles. The Hall–Kier alpha value is -2.60. The maximum absolute atomic E-state index is 14.0. The molecule has 0 N–H and O–H groups in total. The van der Waals surface area contributed by atoms with E-state index in [4.69, 9.17) is 4.74 Å². The van der Waals surface area contributed by atoms with E-state index < -0.39 is 11.6 Å². The lowest BCUT2D eigenvalue weighted by Crippen LogP contribution is -2.36. The first-order valence-corrected chi connectivity index (χ1v) is 7.76. The Morgan fingerprint density at radius 2 is 1.83 bits per heavy atom. The first kappa shape index (κ1) is 15.0. The minimum Gasteiger partial charge on any atom is -0.378 e. The quantitative estimate of drug-likeness (QED) is 0.723. The summed E-state index contributed by atoms with van der Waals surface area (Å²) in [7, 11) is 0. The lowest BCUT2D eigenvalue weighted by atomic mass is 10.0. The van der Waals surface area contributed by atoms with Crippen molar-refractivity contribution in [1.82, 2.24) is 9.97 Å². The monoisotopic (exact) mass is 327 g/mol. The molecule has 0 amide bonds. The first-order chi connectivity index (χ1) is 11.7. The maximum Gasteiger partial charge on any atom is 0.166 e. The average Bonchev–Trinajstić information content (AvgIpc) is 2.64. The van der Waals surface area contributed by atoms with Crippen molar-refractivity contribution >= 4 is 16.9 Å². The van der Waals surface area contributed by atoms with Crippen LogP contribution in [0.1, 0.15) is 0 Å². The number of nitrogens with zero attached hydrogens (tertiary/aromatic N) is 3. The van der Waals surface area contributed by atoms with E-state index in [1.165, 1.54) is 6.07 Å². The van der Waals surface area contributed by atoms with Crippen LogP contribution in [0.25, 0.3) is 22.2 Å². The van der Waals surface area contributed by atoms with Gasteiger partial charge >= 0.3 is 0 Å². The Kier molecular flexibility index (Phi) is 3.82. The zero-order valence-electron chi connectivity index (χ0n) is 12.9. The van der Waals surface area contributed by atoms with Gasteiger partial charge in [-0.25, -0.2) is 13.8 Å². The molecule has 0 bridgehead atoms. The van der Waals surface area contributed by atoms with E-state index >= 15 is 0 Å². The number of fused-ring (bicyclic) bond motifs is 1. The zero-order valence-corrected chi connectivity index (χ0v) is 12.9. The van der Waals surface area contributed by atoms with Gasteiger partial charge in [0.05, 0.1) is 30.4 Å². The minimum atomic E-state index is -0.860. The van der Waals surface area contributed by atoms with E-state index in [-0.39, 0.29) is 5.56 Å². The van der Waals surface area contributed by atoms with Gasteiger partial charge < -0.3 is 9.64 Å². The average molecular weight is 327 g/mol. The van der Waals surface area contributed by atoms with E-state index in [1.54, 1.807) is 30.5 Å². The summed E-state index contributed by atoms with van der Waals surface area (Å²) in [5.41, 5.74) is 2.16. The van der Waals surface area contributed by atoms with Gasteiger partial charge in [0.15, 0.2) is 11.6 Å². The lowest BCUT2D eigenvalue weighted by Gasteiger charge is -2.27. The Balaban J connectivity index is 1.77. The summed E-state index contributed by atoms with van der Waals surface area (Å²) in [6, 6.07) is 9.39. The van der Waals surface area contributed by atoms with Crippen molar-refractivity contribution < 1.29 is 13.5 Å². The van der Waals surface area contributed by atoms with Crippen LogP contribution in [0.2, 0.25) is 0 Å². The lowest BCUT2D eigenvalue weighted by molar-refractivity contribution is 0.122. The fourth-order valence-corrected chi connectivity index (χ4v) is 2.84. The number of morpholine rings is 1. The van der Waals surface area contributed by atoms with Crippen molar-refractivity contribution in [3.63, 3.8) is 0 Å². The first-order valence-electron chi connectivity index (χ1n) is 7.76. The van der Waals surface area contributed by atoms with E-state index in [9.17, 15) is 8.78 Å². The normalized spacial score (nSPS) is 15.0. The maximum atomic E-state index is 14.0. The van der Waals surface area contributed by atoms with Crippen LogP contribution in [0.4, 0.5) is 14.6 Å². The van der Waals surface area contributed by atoms with Crippen molar-refractivity contribution in [3.05, 3.63) is 54.2 Å². The van der Waals surface area contributed by atoms with Gasteiger partial charge in [-0.2, -0.15) is 0 Å². The number of anilines is 1. The largest absolute Gasteiger partial charge is 0.378 e. The molecule has 2 heterocycles. The molecule has 0 atom stereocenters. The highest BCUT2D eigenvalue weighted by atomic mass is 19.2. The summed E-state index contributed by atoms with van der Waals surface area (Å²) in [5.74, 6) is -0.947. The number of hydrogen-bond acceptors (Lipinski definition) is 4. The van der Waals surface area contributed by atoms with Crippen molar-refractivity contribution in [2.24, 2.45) is 0 Å². The van der Waals surface area contributed by atoms with Crippen LogP contribution in [0.15, 0.2) is 42.6 Å². The predicted molar refractivity (Wildman–Crippen MR) is 87.9 cm³/mol. The van der Waals surface area contributed by atoms with E-state index in [0.717, 1.165) is 25.0 Å². The number of ether oxygens (including phenoxy) is 1. The Morgan fingerprint density at radius 3 is 2.67 bits per heavy atom. The SMILES string of the molecule is Fc1cccc(-c2ccc3ncc(N4CCOCC4)nc3c2)c1F. The molecular formula is C18H15F2N3O. The topological polar surface area (TPSA) is 38.2 Å². The molecule has 1 aliphatic rings. The summed E-state index contributed by atoms with van der Waals surface area (Å²) < 4.78 is 32.8. The molecule has 0 aliphatic carbocycles. The third-order valence-electron chi connectivity index (χ3n) is 4.13. The van der Waals surface area contributed by atoms with Gasteiger partial charge in [0.1, 0.15) is 5.82 Å². The Bertz CT molecular complexity index is 895. The summed E-state index contributed by atoms with van der Waals surface area (Å²) in [4.78, 5) is 11.1. The van der Waals surface area contributed by atoms with E-state index in [1.807, 2.05) is 0 Å². The van der Waals surface area contributed by atoms with Gasteiger partial charge in [-0.3, -0.25) is 4.98 Å². The van der Waals surface area contributed by atoms with E-state index in [2.05, 4.69) is 14.9 Å². The summed E-state index contributed by atoms with van der Waals surface area (Å²) in [6.07, 6.45) is 1.73. The zero-order chi connectivity index (χ0) is 16.5. The van der Waals surface area contributed by atoms with Crippen LogP contribution >= 0.6 is 0 Å². The highest BCUT2D eigenvalue weighted by Crippen LogP contribution is 2.27. The summed E-state index contributed by atoms with van der Waals surface area (Å²) in [6.45, 7) is 2.85. The molecule has 1 aliphatic heterocycles. The van der Waals surface area contributed by atoms with Crippen LogP contribution < -0.4 is 4.90 Å². The van der Waals surface area contributed by atoms with Crippen molar-refractivity contribution in [2.75, 3.05) is 31.2 Å². The molecule has 6 heteroatoms. The molecule has 3 aromatic rings. The molecule has 2 aromatic carbocycles. The number of benzene rings is 2. The van der Waals surface area contributed by atoms with Crippen LogP contribution in [0, 0.1) is 11.6 Å². The molecule has 4 rings (SSSR count). The van der Waals surface area contributed by atoms with Gasteiger partial charge in [-0.05, 0) is 23.8 Å². The second-order valence-corrected chi connectivity index (χ2v) is 5.63. The van der Waals surface area contributed by atoms with Crippen molar-refractivity contribution in [1.29, 1.82) is 0 Å². The number of hydrogen-bond donors (Lipinski definition) is 0. The second kappa shape index (κ2) is 6.13. The number of rotatable bonds is 2. The molecule has 0 spiro atoms. The highest BCUT2D eigenvalue weighted by Gasteiger charge is 2.14. The third-order valence-corrected chi connectivity index (χ3v) is 4.13. The molecule has 24 heavy (non-hydrogen) atoms. The molecule has 4 nitrogen and oxygen atoms in total. The Labute approximate surface area is 137 Å². The minimum absolute atomic E-state index is 0.218. The standard InChI is InChI=1S/C18H15F2N3O/c19-14-3-1-2-13(18(14)20)12-4-5-15-16(10-12)22-17(11-21-15)23-6-8-24-9-7-23/h1-5,10-11H,6-9H2. The second-order valence-electron chi connectivity index (χ2n) is 5.63. The smallest absolute Gasteiger partial charge is 0.166 e. The van der Waals surface area contributed by atoms with Crippen LogP contribution in [0.5, 0.6) is 0 Å².